The van der Waals surface area contributed by atoms with Gasteiger partial charge in [-0.2, -0.15) is 0 Å². The molecule has 0 aromatic rings. The van der Waals surface area contributed by atoms with Gasteiger partial charge in [-0.15, -0.1) is 0 Å². The van der Waals surface area contributed by atoms with Crippen LogP contribution in [0.4, 0.5) is 0 Å². The number of nitrogens with zero attached hydrogens (tertiary/aromatic N) is 2. The van der Waals surface area contributed by atoms with Gasteiger partial charge in [0.1, 0.15) is 5.54 Å². The summed E-state index contributed by atoms with van der Waals surface area (Å²) in [5.41, 5.74) is -0.699. The van der Waals surface area contributed by atoms with E-state index in [9.17, 15) is 9.90 Å². The fourth-order valence-electron chi connectivity index (χ4n) is 3.31. The SMILES string of the molecule is CCCNC1(C(=O)O)CCC(N(CC)CCCN(C)C)C1. The molecule has 1 saturated carbocycles. The molecule has 5 nitrogen and oxygen atoms in total. The molecule has 0 aromatic heterocycles. The van der Waals surface area contributed by atoms with Crippen LogP contribution >= 0.6 is 0 Å². The van der Waals surface area contributed by atoms with E-state index in [4.69, 9.17) is 0 Å². The highest BCUT2D eigenvalue weighted by Gasteiger charge is 2.46. The lowest BCUT2D eigenvalue weighted by molar-refractivity contribution is -0.144. The molecular weight excluding hydrogens is 266 g/mol. The highest BCUT2D eigenvalue weighted by atomic mass is 16.4. The van der Waals surface area contributed by atoms with Crippen LogP contribution in [0.1, 0.15) is 46.0 Å². The third-order valence-electron chi connectivity index (χ3n) is 4.58. The van der Waals surface area contributed by atoms with Gasteiger partial charge < -0.3 is 20.2 Å². The molecule has 1 aliphatic rings. The average molecular weight is 299 g/mol. The summed E-state index contributed by atoms with van der Waals surface area (Å²) in [6.45, 7) is 8.18. The Labute approximate surface area is 129 Å². The van der Waals surface area contributed by atoms with E-state index >= 15 is 0 Å². The van der Waals surface area contributed by atoms with E-state index in [1.54, 1.807) is 0 Å². The third kappa shape index (κ3) is 5.24. The lowest BCUT2D eigenvalue weighted by Gasteiger charge is -2.31. The van der Waals surface area contributed by atoms with Gasteiger partial charge in [-0.3, -0.25) is 4.79 Å². The molecule has 0 aromatic carbocycles. The van der Waals surface area contributed by atoms with Crippen molar-refractivity contribution in [2.24, 2.45) is 0 Å². The summed E-state index contributed by atoms with van der Waals surface area (Å²) in [6.07, 6.45) is 4.58. The maximum atomic E-state index is 11.7. The van der Waals surface area contributed by atoms with Crippen molar-refractivity contribution in [3.8, 4) is 0 Å². The second-order valence-electron chi connectivity index (χ2n) is 6.50. The fourth-order valence-corrected chi connectivity index (χ4v) is 3.31. The molecule has 21 heavy (non-hydrogen) atoms. The summed E-state index contributed by atoms with van der Waals surface area (Å²) in [6, 6.07) is 0.401. The molecule has 1 rings (SSSR count). The minimum atomic E-state index is -0.699. The lowest BCUT2D eigenvalue weighted by Crippen LogP contribution is -2.51. The van der Waals surface area contributed by atoms with Crippen LogP contribution in [0.2, 0.25) is 0 Å². The van der Waals surface area contributed by atoms with Gasteiger partial charge in [-0.1, -0.05) is 13.8 Å². The van der Waals surface area contributed by atoms with Crippen LogP contribution in [-0.4, -0.2) is 72.7 Å². The van der Waals surface area contributed by atoms with Crippen LogP contribution in [0, 0.1) is 0 Å². The monoisotopic (exact) mass is 299 g/mol. The molecule has 0 amide bonds. The quantitative estimate of drug-likeness (QED) is 0.642. The first-order valence-electron chi connectivity index (χ1n) is 8.32. The van der Waals surface area contributed by atoms with Crippen molar-refractivity contribution >= 4 is 5.97 Å². The minimum Gasteiger partial charge on any atom is -0.480 e. The van der Waals surface area contributed by atoms with Gasteiger partial charge in [-0.25, -0.2) is 0 Å². The van der Waals surface area contributed by atoms with Crippen molar-refractivity contribution in [2.45, 2.75) is 57.5 Å². The molecule has 2 atom stereocenters. The molecule has 2 N–H and O–H groups in total. The molecule has 1 aliphatic carbocycles. The minimum absolute atomic E-state index is 0.401. The van der Waals surface area contributed by atoms with E-state index in [1.165, 1.54) is 0 Å². The van der Waals surface area contributed by atoms with Crippen LogP contribution < -0.4 is 5.32 Å². The predicted octanol–water partition coefficient (Wildman–Crippen LogP) is 1.64. The normalized spacial score (nSPS) is 25.9. The van der Waals surface area contributed by atoms with Crippen LogP contribution in [0.3, 0.4) is 0 Å². The van der Waals surface area contributed by atoms with E-state index in [0.717, 1.165) is 58.3 Å². The lowest BCUT2D eigenvalue weighted by atomic mass is 9.97. The molecule has 0 saturated heterocycles. The van der Waals surface area contributed by atoms with E-state index in [1.807, 2.05) is 0 Å². The number of hydrogen-bond acceptors (Lipinski definition) is 4. The molecule has 0 spiro atoms. The molecule has 124 valence electrons. The highest BCUT2D eigenvalue weighted by Crippen LogP contribution is 2.33. The fraction of sp³-hybridized carbons (Fsp3) is 0.938. The molecule has 1 fully saturated rings. The Morgan fingerprint density at radius 3 is 2.57 bits per heavy atom. The van der Waals surface area contributed by atoms with Gasteiger partial charge in [0.25, 0.3) is 0 Å². The van der Waals surface area contributed by atoms with Crippen LogP contribution in [0.25, 0.3) is 0 Å². The summed E-state index contributed by atoms with van der Waals surface area (Å²) < 4.78 is 0. The Kier molecular flexibility index (Phi) is 7.63. The highest BCUT2D eigenvalue weighted by molar-refractivity contribution is 5.79. The number of aliphatic carboxylic acids is 1. The topological polar surface area (TPSA) is 55.8 Å². The average Bonchev–Trinajstić information content (AvgIpc) is 2.87. The van der Waals surface area contributed by atoms with Gasteiger partial charge in [0, 0.05) is 6.04 Å². The van der Waals surface area contributed by atoms with E-state index in [0.29, 0.717) is 6.04 Å². The zero-order chi connectivity index (χ0) is 15.9. The van der Waals surface area contributed by atoms with Crippen LogP contribution in [0.5, 0.6) is 0 Å². The summed E-state index contributed by atoms with van der Waals surface area (Å²) in [5, 5.41) is 12.9. The number of hydrogen-bond donors (Lipinski definition) is 2. The first kappa shape index (κ1) is 18.4. The maximum Gasteiger partial charge on any atom is 0.323 e. The molecule has 0 radical (unpaired) electrons. The van der Waals surface area contributed by atoms with E-state index < -0.39 is 11.5 Å². The first-order valence-corrected chi connectivity index (χ1v) is 8.32. The predicted molar refractivity (Wildman–Crippen MR) is 86.7 cm³/mol. The molecule has 0 bridgehead atoms. The van der Waals surface area contributed by atoms with Crippen LogP contribution in [0.15, 0.2) is 0 Å². The van der Waals surface area contributed by atoms with Crippen molar-refractivity contribution in [3.05, 3.63) is 0 Å². The summed E-state index contributed by atoms with van der Waals surface area (Å²) in [4.78, 5) is 16.4. The molecule has 2 unspecified atom stereocenters. The Hall–Kier alpha value is -0.650. The van der Waals surface area contributed by atoms with Gasteiger partial charge in [0.2, 0.25) is 0 Å². The number of carboxylic acid groups (broad SMARTS) is 1. The van der Waals surface area contributed by atoms with Gasteiger partial charge in [0.15, 0.2) is 0 Å². The van der Waals surface area contributed by atoms with Crippen molar-refractivity contribution in [1.82, 2.24) is 15.1 Å². The van der Waals surface area contributed by atoms with E-state index in [2.05, 4.69) is 43.1 Å². The molecule has 0 heterocycles. The van der Waals surface area contributed by atoms with E-state index in [-0.39, 0.29) is 0 Å². The van der Waals surface area contributed by atoms with Crippen molar-refractivity contribution in [1.29, 1.82) is 0 Å². The molecular formula is C16H33N3O2. The standard InChI is InChI=1S/C16H33N3O2/c1-5-10-17-16(15(20)21)9-8-14(13-16)19(6-2)12-7-11-18(3)4/h14,17H,5-13H2,1-4H3,(H,20,21). The van der Waals surface area contributed by atoms with Crippen molar-refractivity contribution in [2.75, 3.05) is 40.3 Å². The summed E-state index contributed by atoms with van der Waals surface area (Å²) in [7, 11) is 4.19. The Balaban J connectivity index is 2.57. The van der Waals surface area contributed by atoms with Gasteiger partial charge in [-0.05, 0) is 72.4 Å². The second-order valence-corrected chi connectivity index (χ2v) is 6.50. The van der Waals surface area contributed by atoms with Crippen molar-refractivity contribution in [3.63, 3.8) is 0 Å². The molecule has 5 heteroatoms. The Morgan fingerprint density at radius 1 is 1.33 bits per heavy atom. The zero-order valence-corrected chi connectivity index (χ0v) is 14.2. The molecule has 0 aliphatic heterocycles. The zero-order valence-electron chi connectivity index (χ0n) is 14.2. The Bertz CT molecular complexity index is 323. The number of rotatable bonds is 10. The van der Waals surface area contributed by atoms with Crippen LogP contribution in [-0.2, 0) is 4.79 Å². The summed E-state index contributed by atoms with van der Waals surface area (Å²) in [5.74, 6) is -0.678. The summed E-state index contributed by atoms with van der Waals surface area (Å²) >= 11 is 0. The first-order chi connectivity index (χ1) is 9.95. The number of nitrogens with one attached hydrogen (secondary N) is 1. The second kappa shape index (κ2) is 8.71. The van der Waals surface area contributed by atoms with Crippen molar-refractivity contribution < 1.29 is 9.90 Å². The smallest absolute Gasteiger partial charge is 0.323 e. The maximum absolute atomic E-state index is 11.7. The van der Waals surface area contributed by atoms with Gasteiger partial charge >= 0.3 is 5.97 Å². The largest absolute Gasteiger partial charge is 0.480 e. The number of carbonyl (C=O) groups is 1. The van der Waals surface area contributed by atoms with Gasteiger partial charge in [0.05, 0.1) is 0 Å². The third-order valence-corrected chi connectivity index (χ3v) is 4.58. The number of carboxylic acids is 1. The Morgan fingerprint density at radius 2 is 2.05 bits per heavy atom.